The third-order valence-corrected chi connectivity index (χ3v) is 4.92. The first-order chi connectivity index (χ1) is 13.0. The SMILES string of the molecule is CC1CO[C@@H](CCc2ccc(F)cc2)CN1C(=O)COc1ccc(Cl)cc1. The third-order valence-electron chi connectivity index (χ3n) is 4.67. The Hall–Kier alpha value is -2.11. The quantitative estimate of drug-likeness (QED) is 0.744. The monoisotopic (exact) mass is 391 g/mol. The number of aryl methyl sites for hydroxylation is 1. The molecule has 0 aromatic heterocycles. The van der Waals surface area contributed by atoms with Crippen LogP contribution < -0.4 is 4.74 Å². The van der Waals surface area contributed by atoms with Crippen molar-refractivity contribution in [1.82, 2.24) is 4.90 Å². The number of morpholine rings is 1. The lowest BCUT2D eigenvalue weighted by Crippen LogP contribution is -2.52. The van der Waals surface area contributed by atoms with E-state index in [0.29, 0.717) is 23.9 Å². The molecule has 2 atom stereocenters. The summed E-state index contributed by atoms with van der Waals surface area (Å²) >= 11 is 5.85. The zero-order valence-electron chi connectivity index (χ0n) is 15.2. The van der Waals surface area contributed by atoms with Crippen LogP contribution in [0.5, 0.6) is 5.75 Å². The van der Waals surface area contributed by atoms with Crippen LogP contribution in [0.4, 0.5) is 4.39 Å². The number of benzene rings is 2. The highest BCUT2D eigenvalue weighted by Crippen LogP contribution is 2.19. The largest absolute Gasteiger partial charge is 0.484 e. The van der Waals surface area contributed by atoms with Crippen molar-refractivity contribution in [2.75, 3.05) is 19.8 Å². The summed E-state index contributed by atoms with van der Waals surface area (Å²) < 4.78 is 24.4. The molecule has 0 radical (unpaired) electrons. The average Bonchev–Trinajstić information content (AvgIpc) is 2.68. The summed E-state index contributed by atoms with van der Waals surface area (Å²) in [6.07, 6.45) is 1.52. The molecule has 0 bridgehead atoms. The summed E-state index contributed by atoms with van der Waals surface area (Å²) in [5.41, 5.74) is 1.06. The molecule has 27 heavy (non-hydrogen) atoms. The van der Waals surface area contributed by atoms with Gasteiger partial charge in [0.25, 0.3) is 5.91 Å². The van der Waals surface area contributed by atoms with Crippen molar-refractivity contribution in [2.45, 2.75) is 31.9 Å². The van der Waals surface area contributed by atoms with E-state index in [4.69, 9.17) is 21.1 Å². The minimum atomic E-state index is -0.237. The molecule has 1 unspecified atom stereocenters. The molecule has 1 saturated heterocycles. The second-order valence-electron chi connectivity index (χ2n) is 6.76. The van der Waals surface area contributed by atoms with E-state index in [-0.39, 0.29) is 30.5 Å². The molecule has 6 heteroatoms. The second kappa shape index (κ2) is 9.20. The summed E-state index contributed by atoms with van der Waals surface area (Å²) in [7, 11) is 0. The number of rotatable bonds is 6. The number of amides is 1. The number of nitrogens with zero attached hydrogens (tertiary/aromatic N) is 1. The summed E-state index contributed by atoms with van der Waals surface area (Å²) in [6.45, 7) is 2.99. The minimum absolute atomic E-state index is 0.00777. The van der Waals surface area contributed by atoms with Crippen LogP contribution in [0.1, 0.15) is 18.9 Å². The second-order valence-corrected chi connectivity index (χ2v) is 7.19. The van der Waals surface area contributed by atoms with Gasteiger partial charge in [0.15, 0.2) is 6.61 Å². The van der Waals surface area contributed by atoms with Gasteiger partial charge in [-0.3, -0.25) is 4.79 Å². The summed E-state index contributed by atoms with van der Waals surface area (Å²) in [5, 5.41) is 0.625. The first-order valence-electron chi connectivity index (χ1n) is 9.05. The maximum Gasteiger partial charge on any atom is 0.260 e. The van der Waals surface area contributed by atoms with E-state index in [1.807, 2.05) is 11.8 Å². The number of hydrogen-bond donors (Lipinski definition) is 0. The van der Waals surface area contributed by atoms with Crippen molar-refractivity contribution in [3.8, 4) is 5.75 Å². The van der Waals surface area contributed by atoms with Crippen LogP contribution in [-0.4, -0.2) is 42.7 Å². The molecule has 0 aliphatic carbocycles. The number of carbonyl (C=O) groups is 1. The minimum Gasteiger partial charge on any atom is -0.484 e. The van der Waals surface area contributed by atoms with E-state index in [2.05, 4.69) is 0 Å². The lowest BCUT2D eigenvalue weighted by Gasteiger charge is -2.38. The lowest BCUT2D eigenvalue weighted by molar-refractivity contribution is -0.146. The Bertz CT molecular complexity index is 751. The Morgan fingerprint density at radius 2 is 1.93 bits per heavy atom. The molecular formula is C21H23ClFNO3. The van der Waals surface area contributed by atoms with Crippen LogP contribution in [0, 0.1) is 5.82 Å². The maximum absolute atomic E-state index is 13.0. The van der Waals surface area contributed by atoms with E-state index in [9.17, 15) is 9.18 Å². The van der Waals surface area contributed by atoms with Crippen LogP contribution in [0.2, 0.25) is 5.02 Å². The van der Waals surface area contributed by atoms with Crippen molar-refractivity contribution in [2.24, 2.45) is 0 Å². The zero-order valence-corrected chi connectivity index (χ0v) is 16.0. The molecular weight excluding hydrogens is 369 g/mol. The van der Waals surface area contributed by atoms with Gasteiger partial charge in [-0.2, -0.15) is 0 Å². The van der Waals surface area contributed by atoms with Gasteiger partial charge in [0.05, 0.1) is 18.8 Å². The van der Waals surface area contributed by atoms with E-state index in [0.717, 1.165) is 18.4 Å². The van der Waals surface area contributed by atoms with Crippen molar-refractivity contribution in [3.05, 3.63) is 64.9 Å². The molecule has 2 aromatic carbocycles. The Morgan fingerprint density at radius 1 is 1.22 bits per heavy atom. The molecule has 1 heterocycles. The Balaban J connectivity index is 1.50. The fourth-order valence-corrected chi connectivity index (χ4v) is 3.20. The van der Waals surface area contributed by atoms with Gasteiger partial charge in [-0.15, -0.1) is 0 Å². The topological polar surface area (TPSA) is 38.8 Å². The van der Waals surface area contributed by atoms with E-state index >= 15 is 0 Å². The van der Waals surface area contributed by atoms with E-state index in [1.54, 1.807) is 36.4 Å². The molecule has 1 fully saturated rings. The van der Waals surface area contributed by atoms with Gasteiger partial charge < -0.3 is 14.4 Å². The standard InChI is InChI=1S/C21H23ClFNO3/c1-15-13-26-20(9-4-16-2-7-18(23)8-3-16)12-24(15)21(25)14-27-19-10-5-17(22)6-11-19/h2-3,5-8,10-11,15,20H,4,9,12-14H2,1H3/t15?,20-/m0/s1. The van der Waals surface area contributed by atoms with Gasteiger partial charge in [-0.05, 0) is 61.7 Å². The smallest absolute Gasteiger partial charge is 0.260 e. The first-order valence-corrected chi connectivity index (χ1v) is 9.43. The fourth-order valence-electron chi connectivity index (χ4n) is 3.08. The number of ether oxygens (including phenoxy) is 2. The van der Waals surface area contributed by atoms with Crippen molar-refractivity contribution in [3.63, 3.8) is 0 Å². The molecule has 1 aliphatic rings. The number of carbonyl (C=O) groups excluding carboxylic acids is 1. The number of halogens is 2. The van der Waals surface area contributed by atoms with Crippen molar-refractivity contribution in [1.29, 1.82) is 0 Å². The molecule has 1 amide bonds. The lowest BCUT2D eigenvalue weighted by atomic mass is 10.0. The van der Waals surface area contributed by atoms with Crippen LogP contribution in [0.15, 0.2) is 48.5 Å². The number of hydrogen-bond acceptors (Lipinski definition) is 3. The molecule has 144 valence electrons. The van der Waals surface area contributed by atoms with Gasteiger partial charge in [0, 0.05) is 11.6 Å². The molecule has 2 aromatic rings. The summed E-state index contributed by atoms with van der Waals surface area (Å²) in [5.74, 6) is 0.313. The highest BCUT2D eigenvalue weighted by atomic mass is 35.5. The van der Waals surface area contributed by atoms with Gasteiger partial charge in [0.2, 0.25) is 0 Å². The molecule has 1 aliphatic heterocycles. The average molecular weight is 392 g/mol. The normalized spacial score (nSPS) is 19.7. The maximum atomic E-state index is 13.0. The molecule has 0 spiro atoms. The third kappa shape index (κ3) is 5.68. The van der Waals surface area contributed by atoms with Crippen LogP contribution >= 0.6 is 11.6 Å². The van der Waals surface area contributed by atoms with Crippen molar-refractivity contribution < 1.29 is 18.7 Å². The van der Waals surface area contributed by atoms with Crippen LogP contribution in [0.25, 0.3) is 0 Å². The molecule has 4 nitrogen and oxygen atoms in total. The zero-order chi connectivity index (χ0) is 19.2. The summed E-state index contributed by atoms with van der Waals surface area (Å²) in [6, 6.07) is 13.4. The predicted octanol–water partition coefficient (Wildman–Crippen LogP) is 4.11. The molecule has 0 N–H and O–H groups in total. The van der Waals surface area contributed by atoms with Gasteiger partial charge >= 0.3 is 0 Å². The first kappa shape index (κ1) is 19.6. The van der Waals surface area contributed by atoms with E-state index in [1.165, 1.54) is 12.1 Å². The molecule has 3 rings (SSSR count). The highest BCUT2D eigenvalue weighted by molar-refractivity contribution is 6.30. The van der Waals surface area contributed by atoms with Gasteiger partial charge in [-0.25, -0.2) is 4.39 Å². The summed E-state index contributed by atoms with van der Waals surface area (Å²) in [4.78, 5) is 14.4. The van der Waals surface area contributed by atoms with E-state index < -0.39 is 0 Å². The van der Waals surface area contributed by atoms with Gasteiger partial charge in [0.1, 0.15) is 11.6 Å². The van der Waals surface area contributed by atoms with Gasteiger partial charge in [-0.1, -0.05) is 23.7 Å². The Labute approximate surface area is 163 Å². The van der Waals surface area contributed by atoms with Crippen molar-refractivity contribution >= 4 is 17.5 Å². The fraction of sp³-hybridized carbons (Fsp3) is 0.381. The molecule has 0 saturated carbocycles. The highest BCUT2D eigenvalue weighted by Gasteiger charge is 2.29. The van der Waals surface area contributed by atoms with Crippen LogP contribution in [-0.2, 0) is 16.0 Å². The predicted molar refractivity (Wildman–Crippen MR) is 103 cm³/mol. The Morgan fingerprint density at radius 3 is 2.63 bits per heavy atom. The Kier molecular flexibility index (Phi) is 6.69. The van der Waals surface area contributed by atoms with Crippen LogP contribution in [0.3, 0.4) is 0 Å².